The molecule has 0 aliphatic heterocycles. The van der Waals surface area contributed by atoms with Gasteiger partial charge in [0, 0.05) is 6.20 Å². The van der Waals surface area contributed by atoms with Crippen LogP contribution in [0.5, 0.6) is 0 Å². The van der Waals surface area contributed by atoms with Crippen molar-refractivity contribution in [3.63, 3.8) is 0 Å². The maximum absolute atomic E-state index is 12.7. The van der Waals surface area contributed by atoms with Crippen molar-refractivity contribution < 1.29 is 31.5 Å². The third-order valence-electron chi connectivity index (χ3n) is 2.83. The number of hydrogen-bond donors (Lipinski definition) is 2. The van der Waals surface area contributed by atoms with Gasteiger partial charge in [-0.1, -0.05) is 6.92 Å². The van der Waals surface area contributed by atoms with E-state index in [1.165, 1.54) is 6.92 Å². The second-order valence-electron chi connectivity index (χ2n) is 4.26. The Morgan fingerprint density at radius 1 is 1.41 bits per heavy atom. The second kappa shape index (κ2) is 5.16. The van der Waals surface area contributed by atoms with Crippen molar-refractivity contribution in [2.45, 2.75) is 18.0 Å². The molecule has 2 heterocycles. The van der Waals surface area contributed by atoms with Crippen LogP contribution < -0.4 is 5.32 Å². The molecule has 1 amide bonds. The molecule has 0 unspecified atom stereocenters. The molecule has 0 bridgehead atoms. The maximum Gasteiger partial charge on any atom is 0.417 e. The number of carboxylic acid groups (broad SMARTS) is 1. The van der Waals surface area contributed by atoms with E-state index in [9.17, 15) is 26.4 Å². The minimum atomic E-state index is -4.63. The summed E-state index contributed by atoms with van der Waals surface area (Å²) >= 11 is 0. The summed E-state index contributed by atoms with van der Waals surface area (Å²) in [6.07, 6.45) is -5.62. The highest BCUT2D eigenvalue weighted by Gasteiger charge is 2.32. The van der Waals surface area contributed by atoms with E-state index in [1.54, 1.807) is 5.32 Å². The summed E-state index contributed by atoms with van der Waals surface area (Å²) in [4.78, 5) is 10.3. The third-order valence-corrected chi connectivity index (χ3v) is 4.61. The smallest absolute Gasteiger partial charge is 0.417 e. The number of nitrogens with zero attached hydrogens (tertiary/aromatic N) is 2. The first-order valence-electron chi connectivity index (χ1n) is 5.88. The molecule has 0 spiro atoms. The zero-order valence-electron chi connectivity index (χ0n) is 11.0. The predicted molar refractivity (Wildman–Crippen MR) is 69.6 cm³/mol. The molecule has 0 atom stereocenters. The first-order chi connectivity index (χ1) is 10.1. The molecule has 0 aromatic carbocycles. The van der Waals surface area contributed by atoms with Gasteiger partial charge >= 0.3 is 12.3 Å². The van der Waals surface area contributed by atoms with E-state index in [-0.39, 0.29) is 11.3 Å². The van der Waals surface area contributed by atoms with Crippen molar-refractivity contribution in [3.8, 4) is 0 Å². The fourth-order valence-electron chi connectivity index (χ4n) is 1.83. The summed E-state index contributed by atoms with van der Waals surface area (Å²) in [6, 6.07) is 1.64. The van der Waals surface area contributed by atoms with Crippen molar-refractivity contribution in [2.75, 3.05) is 11.1 Å². The van der Waals surface area contributed by atoms with E-state index >= 15 is 0 Å². The molecule has 0 saturated heterocycles. The number of amides is 1. The number of nitrogens with one attached hydrogen (secondary N) is 1. The van der Waals surface area contributed by atoms with Crippen LogP contribution in [0.2, 0.25) is 0 Å². The van der Waals surface area contributed by atoms with Gasteiger partial charge in [0.2, 0.25) is 0 Å². The lowest BCUT2D eigenvalue weighted by atomic mass is 10.2. The number of rotatable bonds is 3. The summed E-state index contributed by atoms with van der Waals surface area (Å²) < 4.78 is 62.8. The lowest BCUT2D eigenvalue weighted by Crippen LogP contribution is -2.12. The van der Waals surface area contributed by atoms with Crippen LogP contribution in [0.4, 0.5) is 23.8 Å². The number of hydrogen-bond acceptors (Lipinski definition) is 4. The Morgan fingerprint density at radius 3 is 2.55 bits per heavy atom. The van der Waals surface area contributed by atoms with Gasteiger partial charge < -0.3 is 5.11 Å². The van der Waals surface area contributed by atoms with Gasteiger partial charge in [-0.25, -0.2) is 17.7 Å². The highest BCUT2D eigenvalue weighted by molar-refractivity contribution is 7.91. The Hall–Kier alpha value is -2.30. The lowest BCUT2D eigenvalue weighted by molar-refractivity contribution is -0.137. The molecular formula is C11H10F3N3O4S. The summed E-state index contributed by atoms with van der Waals surface area (Å²) in [7, 11) is -3.90. The highest BCUT2D eigenvalue weighted by Crippen LogP contribution is 2.32. The molecule has 2 rings (SSSR count). The average molecular weight is 337 g/mol. The molecule has 7 nitrogen and oxygen atoms in total. The molecule has 0 aliphatic carbocycles. The van der Waals surface area contributed by atoms with Gasteiger partial charge in [-0.15, -0.1) is 5.10 Å². The standard InChI is InChI=1S/C11H10F3N3O4S/c1-2-22(20,21)8-7-4-3-6(11(12,13)14)5-17(7)16-9(8)15-10(18)19/h3-5H,2H2,1H3,(H,15,16)(H,18,19). The van der Waals surface area contributed by atoms with Crippen molar-refractivity contribution in [1.82, 2.24) is 9.61 Å². The van der Waals surface area contributed by atoms with E-state index in [0.29, 0.717) is 16.8 Å². The van der Waals surface area contributed by atoms with E-state index in [2.05, 4.69) is 5.10 Å². The van der Waals surface area contributed by atoms with Crippen LogP contribution in [0.25, 0.3) is 5.52 Å². The lowest BCUT2D eigenvalue weighted by Gasteiger charge is -2.06. The minimum Gasteiger partial charge on any atom is -0.465 e. The van der Waals surface area contributed by atoms with Gasteiger partial charge in [0.25, 0.3) is 0 Å². The molecule has 2 aromatic heterocycles. The van der Waals surface area contributed by atoms with Gasteiger partial charge in [-0.3, -0.25) is 5.32 Å². The molecule has 120 valence electrons. The fraction of sp³-hybridized carbons (Fsp3) is 0.273. The Bertz CT molecular complexity index is 842. The second-order valence-corrected chi connectivity index (χ2v) is 6.47. The number of anilines is 1. The van der Waals surface area contributed by atoms with Gasteiger partial charge in [-0.05, 0) is 12.1 Å². The summed E-state index contributed by atoms with van der Waals surface area (Å²) in [5.74, 6) is -0.891. The number of halogens is 3. The maximum atomic E-state index is 12.7. The van der Waals surface area contributed by atoms with Gasteiger partial charge in [0.1, 0.15) is 4.90 Å². The topological polar surface area (TPSA) is 101 Å². The normalized spacial score (nSPS) is 12.5. The predicted octanol–water partition coefficient (Wildman–Crippen LogP) is 2.24. The number of carbonyl (C=O) groups is 1. The van der Waals surface area contributed by atoms with Crippen LogP contribution in [0.1, 0.15) is 12.5 Å². The quantitative estimate of drug-likeness (QED) is 0.894. The first kappa shape index (κ1) is 16.1. The summed E-state index contributed by atoms with van der Waals surface area (Å²) in [5.41, 5.74) is -1.18. The zero-order valence-corrected chi connectivity index (χ0v) is 11.9. The fourth-order valence-corrected chi connectivity index (χ4v) is 2.98. The molecular weight excluding hydrogens is 327 g/mol. The molecule has 0 aliphatic rings. The number of sulfone groups is 1. The van der Waals surface area contributed by atoms with E-state index in [0.717, 1.165) is 6.07 Å². The van der Waals surface area contributed by atoms with Gasteiger partial charge in [0.05, 0.1) is 16.8 Å². The largest absolute Gasteiger partial charge is 0.465 e. The summed E-state index contributed by atoms with van der Waals surface area (Å²) in [5, 5.41) is 14.1. The van der Waals surface area contributed by atoms with Crippen LogP contribution in [-0.4, -0.2) is 35.0 Å². The molecule has 0 fully saturated rings. The minimum absolute atomic E-state index is 0.140. The Morgan fingerprint density at radius 2 is 2.05 bits per heavy atom. The number of aromatic nitrogens is 2. The van der Waals surface area contributed by atoms with Crippen molar-refractivity contribution in [3.05, 3.63) is 23.9 Å². The average Bonchev–Trinajstić information content (AvgIpc) is 2.74. The van der Waals surface area contributed by atoms with Gasteiger partial charge in [0.15, 0.2) is 15.7 Å². The first-order valence-corrected chi connectivity index (χ1v) is 7.53. The Balaban J connectivity index is 2.77. The van der Waals surface area contributed by atoms with E-state index in [4.69, 9.17) is 5.11 Å². The van der Waals surface area contributed by atoms with E-state index in [1.807, 2.05) is 0 Å². The van der Waals surface area contributed by atoms with Crippen LogP contribution in [0.15, 0.2) is 23.2 Å². The molecule has 22 heavy (non-hydrogen) atoms. The Labute approximate surface area is 122 Å². The molecule has 0 radical (unpaired) electrons. The van der Waals surface area contributed by atoms with Crippen LogP contribution >= 0.6 is 0 Å². The number of fused-ring (bicyclic) bond motifs is 1. The monoisotopic (exact) mass is 337 g/mol. The molecule has 2 N–H and O–H groups in total. The van der Waals surface area contributed by atoms with E-state index < -0.39 is 38.4 Å². The van der Waals surface area contributed by atoms with Gasteiger partial charge in [-0.2, -0.15) is 13.2 Å². The van der Waals surface area contributed by atoms with Crippen LogP contribution in [0, 0.1) is 0 Å². The number of pyridine rings is 1. The molecule has 11 heteroatoms. The van der Waals surface area contributed by atoms with Crippen molar-refractivity contribution >= 4 is 27.3 Å². The molecule has 2 aromatic rings. The van der Waals surface area contributed by atoms with Crippen molar-refractivity contribution in [2.24, 2.45) is 0 Å². The summed E-state index contributed by atoms with van der Waals surface area (Å²) in [6.45, 7) is 1.33. The van der Waals surface area contributed by atoms with Crippen LogP contribution in [0.3, 0.4) is 0 Å². The highest BCUT2D eigenvalue weighted by atomic mass is 32.2. The number of alkyl halides is 3. The zero-order chi connectivity index (χ0) is 16.7. The third kappa shape index (κ3) is 2.84. The Kier molecular flexibility index (Phi) is 3.77. The van der Waals surface area contributed by atoms with Crippen LogP contribution in [-0.2, 0) is 16.0 Å². The van der Waals surface area contributed by atoms with Crippen molar-refractivity contribution in [1.29, 1.82) is 0 Å². The SMILES string of the molecule is CCS(=O)(=O)c1c(NC(=O)O)nn2cc(C(F)(F)F)ccc12. The molecule has 0 saturated carbocycles.